The number of hydrogen-bond donors (Lipinski definition) is 4. The van der Waals surface area contributed by atoms with Crippen molar-refractivity contribution in [1.29, 1.82) is 0 Å². The molecule has 0 unspecified atom stereocenters. The number of carbonyl (C=O) groups is 6. The van der Waals surface area contributed by atoms with E-state index in [9.17, 15) is 29.4 Å². The molecule has 0 aliphatic carbocycles. The number of benzene rings is 3. The molecule has 4 N–H and O–H groups in total. The van der Waals surface area contributed by atoms with Crippen molar-refractivity contribution in [1.82, 2.24) is 0 Å². The number of carboxylic acid groups (broad SMARTS) is 4. The number of aliphatic carboxylic acids is 2. The van der Waals surface area contributed by atoms with Crippen LogP contribution in [0, 0.1) is 0 Å². The van der Waals surface area contributed by atoms with Crippen molar-refractivity contribution >= 4 is 35.4 Å². The van der Waals surface area contributed by atoms with Crippen LogP contribution in [0.25, 0.3) is 0 Å². The highest BCUT2D eigenvalue weighted by atomic mass is 16.4. The molecule has 0 radical (unpaired) electrons. The Kier molecular flexibility index (Phi) is 10.9. The average Bonchev–Trinajstić information content (AvgIpc) is 2.82. The van der Waals surface area contributed by atoms with Gasteiger partial charge < -0.3 is 20.4 Å². The summed E-state index contributed by atoms with van der Waals surface area (Å²) in [5.74, 6) is -5.81. The fourth-order valence-electron chi connectivity index (χ4n) is 2.82. The van der Waals surface area contributed by atoms with Gasteiger partial charge in [0.25, 0.3) is 11.9 Å². The van der Waals surface area contributed by atoms with E-state index in [0.717, 1.165) is 26.0 Å². The summed E-state index contributed by atoms with van der Waals surface area (Å²) in [4.78, 5) is 67.0. The Balaban J connectivity index is 0.000000709. The predicted molar refractivity (Wildman–Crippen MR) is 127 cm³/mol. The van der Waals surface area contributed by atoms with Crippen LogP contribution in [-0.4, -0.2) is 55.9 Å². The number of ketones is 2. The summed E-state index contributed by atoms with van der Waals surface area (Å²) < 4.78 is 0. The molecule has 0 bridgehead atoms. The van der Waals surface area contributed by atoms with Gasteiger partial charge in [0, 0.05) is 36.1 Å². The second-order valence-electron chi connectivity index (χ2n) is 6.98. The third-order valence-electron chi connectivity index (χ3n) is 4.18. The maximum atomic E-state index is 12.8. The molecule has 0 aromatic heterocycles. The minimum atomic E-state index is -1.43. The van der Waals surface area contributed by atoms with Gasteiger partial charge in [0.15, 0.2) is 11.6 Å². The summed E-state index contributed by atoms with van der Waals surface area (Å²) in [7, 11) is 0. The summed E-state index contributed by atoms with van der Waals surface area (Å²) in [6.07, 6.45) is 0. The van der Waals surface area contributed by atoms with E-state index in [1.807, 2.05) is 0 Å². The molecule has 0 heterocycles. The molecule has 3 rings (SSSR count). The number of aromatic carboxylic acids is 2. The molecular weight excluding hydrogens is 472 g/mol. The van der Waals surface area contributed by atoms with Crippen LogP contribution >= 0.6 is 0 Å². The van der Waals surface area contributed by atoms with Crippen molar-refractivity contribution in [3.63, 3.8) is 0 Å². The van der Waals surface area contributed by atoms with Gasteiger partial charge in [-0.25, -0.2) is 9.59 Å². The van der Waals surface area contributed by atoms with Gasteiger partial charge in [-0.15, -0.1) is 0 Å². The largest absolute Gasteiger partial charge is 0.481 e. The number of hydrogen-bond acceptors (Lipinski definition) is 6. The number of carbonyl (C=O) groups excluding carboxylic acids is 2. The summed E-state index contributed by atoms with van der Waals surface area (Å²) in [5.41, 5.74) is -1.02. The zero-order valence-electron chi connectivity index (χ0n) is 19.2. The maximum absolute atomic E-state index is 12.8. The molecule has 0 atom stereocenters. The van der Waals surface area contributed by atoms with Gasteiger partial charge in [0.2, 0.25) is 0 Å². The molecular formula is C26H22O10. The van der Waals surface area contributed by atoms with Crippen LogP contribution in [0.4, 0.5) is 0 Å². The lowest BCUT2D eigenvalue weighted by atomic mass is 9.90. The lowest BCUT2D eigenvalue weighted by molar-refractivity contribution is -0.135. The van der Waals surface area contributed by atoms with Crippen LogP contribution in [-0.2, 0) is 9.59 Å². The third kappa shape index (κ3) is 8.67. The first-order valence-electron chi connectivity index (χ1n) is 10.1. The molecule has 36 heavy (non-hydrogen) atoms. The summed E-state index contributed by atoms with van der Waals surface area (Å²) in [6.45, 7) is 2.17. The molecule has 10 nitrogen and oxygen atoms in total. The normalized spacial score (nSPS) is 9.39. The van der Waals surface area contributed by atoms with Crippen LogP contribution in [0.3, 0.4) is 0 Å². The molecule has 3 aromatic carbocycles. The Labute approximate surface area is 205 Å². The molecule has 3 aromatic rings. The molecule has 0 spiro atoms. The lowest BCUT2D eigenvalue weighted by Gasteiger charge is -2.12. The van der Waals surface area contributed by atoms with E-state index in [1.54, 1.807) is 36.4 Å². The van der Waals surface area contributed by atoms with E-state index in [4.69, 9.17) is 19.8 Å². The molecule has 186 valence electrons. The van der Waals surface area contributed by atoms with Gasteiger partial charge in [0.05, 0.1) is 11.1 Å². The molecule has 0 saturated heterocycles. The Hall–Kier alpha value is -5.12. The fourth-order valence-corrected chi connectivity index (χ4v) is 2.82. The van der Waals surface area contributed by atoms with Crippen molar-refractivity contribution in [2.24, 2.45) is 0 Å². The van der Waals surface area contributed by atoms with Crippen LogP contribution in [0.1, 0.15) is 66.4 Å². The molecule has 0 saturated carbocycles. The first-order valence-corrected chi connectivity index (χ1v) is 10.1. The van der Waals surface area contributed by atoms with Gasteiger partial charge in [-0.2, -0.15) is 0 Å². The van der Waals surface area contributed by atoms with E-state index in [1.165, 1.54) is 24.3 Å². The fraction of sp³-hybridized carbons (Fsp3) is 0.0769. The Morgan fingerprint density at radius 2 is 0.722 bits per heavy atom. The Morgan fingerprint density at radius 1 is 0.472 bits per heavy atom. The Morgan fingerprint density at radius 3 is 0.944 bits per heavy atom. The van der Waals surface area contributed by atoms with E-state index in [0.29, 0.717) is 0 Å². The van der Waals surface area contributed by atoms with E-state index in [2.05, 4.69) is 0 Å². The van der Waals surface area contributed by atoms with Crippen molar-refractivity contribution < 1.29 is 49.2 Å². The van der Waals surface area contributed by atoms with Crippen LogP contribution in [0.15, 0.2) is 72.8 Å². The first-order chi connectivity index (χ1) is 16.9. The minimum Gasteiger partial charge on any atom is -0.481 e. The zero-order chi connectivity index (χ0) is 27.4. The number of carboxylic acids is 4. The van der Waals surface area contributed by atoms with Gasteiger partial charge in [-0.05, 0) is 12.1 Å². The molecule has 0 aliphatic heterocycles. The maximum Gasteiger partial charge on any atom is 0.336 e. The van der Waals surface area contributed by atoms with Crippen LogP contribution in [0.2, 0.25) is 0 Å². The first kappa shape index (κ1) is 28.9. The minimum absolute atomic E-state index is 0.212. The molecule has 0 fully saturated rings. The van der Waals surface area contributed by atoms with Crippen LogP contribution < -0.4 is 0 Å². The summed E-state index contributed by atoms with van der Waals surface area (Å²) in [5, 5.41) is 33.9. The van der Waals surface area contributed by atoms with E-state index < -0.39 is 46.6 Å². The standard InChI is InChI=1S/C22H14O6.2C2H4O2/c23-19(13-7-3-1-4-8-13)15-11-18(22(27)28)16(12-17(15)21(25)26)20(24)14-9-5-2-6-10-14;2*1-2(3)4/h1-12H,(H,25,26)(H,27,28);2*1H3,(H,3,4). The van der Waals surface area contributed by atoms with Crippen molar-refractivity contribution in [2.45, 2.75) is 13.8 Å². The predicted octanol–water partition coefficient (Wildman–Crippen LogP) is 3.73. The third-order valence-corrected chi connectivity index (χ3v) is 4.18. The van der Waals surface area contributed by atoms with Gasteiger partial charge in [-0.1, -0.05) is 60.7 Å². The second-order valence-corrected chi connectivity index (χ2v) is 6.98. The highest BCUT2D eigenvalue weighted by molar-refractivity contribution is 6.19. The summed E-state index contributed by atoms with van der Waals surface area (Å²) in [6, 6.07) is 17.7. The second kappa shape index (κ2) is 13.6. The van der Waals surface area contributed by atoms with Crippen LogP contribution in [0.5, 0.6) is 0 Å². The molecule has 0 amide bonds. The van der Waals surface area contributed by atoms with Gasteiger partial charge in [-0.3, -0.25) is 19.2 Å². The highest BCUT2D eigenvalue weighted by Crippen LogP contribution is 2.23. The van der Waals surface area contributed by atoms with Crippen molar-refractivity contribution in [3.8, 4) is 0 Å². The smallest absolute Gasteiger partial charge is 0.336 e. The van der Waals surface area contributed by atoms with Crippen molar-refractivity contribution in [2.75, 3.05) is 0 Å². The van der Waals surface area contributed by atoms with Crippen molar-refractivity contribution in [3.05, 3.63) is 106 Å². The topological polar surface area (TPSA) is 183 Å². The SMILES string of the molecule is CC(=O)O.CC(=O)O.O=C(O)c1cc(C(=O)c2ccccc2)c(C(=O)O)cc1C(=O)c1ccccc1. The van der Waals surface area contributed by atoms with E-state index in [-0.39, 0.29) is 22.3 Å². The zero-order valence-corrected chi connectivity index (χ0v) is 19.2. The lowest BCUT2D eigenvalue weighted by Crippen LogP contribution is -2.17. The number of rotatable bonds is 6. The van der Waals surface area contributed by atoms with Gasteiger partial charge >= 0.3 is 11.9 Å². The quantitative estimate of drug-likeness (QED) is 0.368. The average molecular weight is 494 g/mol. The Bertz CT molecular complexity index is 1170. The highest BCUT2D eigenvalue weighted by Gasteiger charge is 2.26. The summed E-state index contributed by atoms with van der Waals surface area (Å²) >= 11 is 0. The molecule has 0 aliphatic rings. The molecule has 10 heteroatoms. The van der Waals surface area contributed by atoms with E-state index >= 15 is 0 Å². The van der Waals surface area contributed by atoms with Gasteiger partial charge in [0.1, 0.15) is 0 Å². The monoisotopic (exact) mass is 494 g/mol.